The molecule has 0 aliphatic carbocycles. The van der Waals surface area contributed by atoms with E-state index in [0.29, 0.717) is 11.1 Å². The van der Waals surface area contributed by atoms with Crippen molar-refractivity contribution in [2.75, 3.05) is 59.4 Å². The number of likely N-dealkylation sites (N-methyl/N-ethyl adjacent to an activating group) is 1. The van der Waals surface area contributed by atoms with Crippen LogP contribution in [0.5, 0.6) is 0 Å². The first-order valence-electron chi connectivity index (χ1n) is 12.4. The molecule has 0 unspecified atom stereocenters. The molecule has 4 heterocycles. The molecule has 2 aromatic rings. The van der Waals surface area contributed by atoms with Gasteiger partial charge in [-0.25, -0.2) is 4.98 Å². The molecule has 0 N–H and O–H groups in total. The number of halogens is 1. The van der Waals surface area contributed by atoms with Gasteiger partial charge >= 0.3 is 0 Å². The van der Waals surface area contributed by atoms with Crippen molar-refractivity contribution in [2.45, 2.75) is 19.4 Å². The van der Waals surface area contributed by atoms with Crippen LogP contribution in [0.2, 0.25) is 5.15 Å². The maximum absolute atomic E-state index is 13.2. The SMILES string of the molecule is CN1C=CC(CN2CCC(C(=O)N3CCN(Cc4cc5ccccc5nc4Cl)CC3)CC2)=CC1. The Hall–Kier alpha value is -2.41. The summed E-state index contributed by atoms with van der Waals surface area (Å²) in [4.78, 5) is 26.9. The molecule has 0 spiro atoms. The largest absolute Gasteiger partial charge is 0.377 e. The lowest BCUT2D eigenvalue weighted by Crippen LogP contribution is -2.51. The molecule has 0 atom stereocenters. The standard InChI is InChI=1S/C27H34ClN5O/c1-30-10-6-21(7-11-30)19-31-12-8-22(9-13-31)27(34)33-16-14-32(15-17-33)20-24-18-23-4-2-3-5-25(23)29-26(24)28/h2-7,10,18,22H,8-9,11-17,19-20H2,1H3. The van der Waals surface area contributed by atoms with Crippen molar-refractivity contribution < 1.29 is 4.79 Å². The quantitative estimate of drug-likeness (QED) is 0.613. The molecular weight excluding hydrogens is 446 g/mol. The van der Waals surface area contributed by atoms with E-state index < -0.39 is 0 Å². The maximum Gasteiger partial charge on any atom is 0.225 e. The van der Waals surface area contributed by atoms with Crippen LogP contribution in [0.25, 0.3) is 10.9 Å². The Morgan fingerprint density at radius 1 is 1.03 bits per heavy atom. The fourth-order valence-corrected chi connectivity index (χ4v) is 5.40. The monoisotopic (exact) mass is 479 g/mol. The van der Waals surface area contributed by atoms with Crippen LogP contribution in [0.1, 0.15) is 18.4 Å². The van der Waals surface area contributed by atoms with Gasteiger partial charge in [-0.2, -0.15) is 0 Å². The normalized spacial score (nSPS) is 20.7. The van der Waals surface area contributed by atoms with E-state index in [2.05, 4.69) is 62.1 Å². The van der Waals surface area contributed by atoms with E-state index in [9.17, 15) is 4.79 Å². The minimum Gasteiger partial charge on any atom is -0.377 e. The van der Waals surface area contributed by atoms with Crippen molar-refractivity contribution >= 4 is 28.4 Å². The van der Waals surface area contributed by atoms with Crippen molar-refractivity contribution in [3.05, 3.63) is 65.0 Å². The first-order chi connectivity index (χ1) is 16.5. The van der Waals surface area contributed by atoms with Crippen LogP contribution >= 0.6 is 11.6 Å². The van der Waals surface area contributed by atoms with Gasteiger partial charge in [0.15, 0.2) is 0 Å². The Labute approximate surface area is 207 Å². The van der Waals surface area contributed by atoms with Crippen molar-refractivity contribution in [1.82, 2.24) is 24.6 Å². The van der Waals surface area contributed by atoms with Gasteiger partial charge < -0.3 is 9.80 Å². The molecule has 34 heavy (non-hydrogen) atoms. The molecule has 2 fully saturated rings. The number of piperazine rings is 1. The van der Waals surface area contributed by atoms with Crippen molar-refractivity contribution in [3.8, 4) is 0 Å². The molecule has 5 rings (SSSR count). The Balaban J connectivity index is 1.08. The van der Waals surface area contributed by atoms with Gasteiger partial charge in [0.1, 0.15) is 5.15 Å². The molecule has 0 bridgehead atoms. The summed E-state index contributed by atoms with van der Waals surface area (Å²) in [6.07, 6.45) is 8.59. The van der Waals surface area contributed by atoms with Gasteiger partial charge in [0.05, 0.1) is 5.52 Å². The van der Waals surface area contributed by atoms with Crippen molar-refractivity contribution in [3.63, 3.8) is 0 Å². The van der Waals surface area contributed by atoms with Gasteiger partial charge in [0.25, 0.3) is 0 Å². The fraction of sp³-hybridized carbons (Fsp3) is 0.481. The Morgan fingerprint density at radius 3 is 2.50 bits per heavy atom. The fourth-order valence-electron chi connectivity index (χ4n) is 5.20. The average molecular weight is 480 g/mol. The minimum absolute atomic E-state index is 0.170. The van der Waals surface area contributed by atoms with Crippen LogP contribution in [0.3, 0.4) is 0 Å². The summed E-state index contributed by atoms with van der Waals surface area (Å²) < 4.78 is 0. The predicted octanol–water partition coefficient (Wildman–Crippen LogP) is 3.63. The number of hydrogen-bond donors (Lipinski definition) is 0. The summed E-state index contributed by atoms with van der Waals surface area (Å²) in [5, 5.41) is 1.70. The highest BCUT2D eigenvalue weighted by molar-refractivity contribution is 6.30. The second-order valence-corrected chi connectivity index (χ2v) is 10.2. The van der Waals surface area contributed by atoms with E-state index in [1.165, 1.54) is 5.57 Å². The molecule has 1 aromatic heterocycles. The summed E-state index contributed by atoms with van der Waals surface area (Å²) in [5.41, 5.74) is 3.38. The number of carbonyl (C=O) groups excluding carboxylic acids is 1. The van der Waals surface area contributed by atoms with Gasteiger partial charge in [-0.05, 0) is 55.9 Å². The lowest BCUT2D eigenvalue weighted by Gasteiger charge is -2.38. The molecule has 180 valence electrons. The van der Waals surface area contributed by atoms with E-state index in [-0.39, 0.29) is 5.92 Å². The summed E-state index contributed by atoms with van der Waals surface area (Å²) in [6.45, 7) is 8.11. The zero-order valence-corrected chi connectivity index (χ0v) is 20.8. The van der Waals surface area contributed by atoms with Crippen molar-refractivity contribution in [1.29, 1.82) is 0 Å². The molecule has 6 nitrogen and oxygen atoms in total. The molecule has 3 aliphatic heterocycles. The van der Waals surface area contributed by atoms with Crippen LogP contribution < -0.4 is 0 Å². The first-order valence-corrected chi connectivity index (χ1v) is 12.8. The average Bonchev–Trinajstić information content (AvgIpc) is 2.86. The lowest BCUT2D eigenvalue weighted by molar-refractivity contribution is -0.138. The molecule has 2 saturated heterocycles. The topological polar surface area (TPSA) is 42.9 Å². The zero-order valence-electron chi connectivity index (χ0n) is 20.0. The van der Waals surface area contributed by atoms with E-state index in [0.717, 1.165) is 88.2 Å². The van der Waals surface area contributed by atoms with Crippen LogP contribution in [0, 0.1) is 5.92 Å². The van der Waals surface area contributed by atoms with Gasteiger partial charge in [0.2, 0.25) is 5.91 Å². The number of rotatable bonds is 5. The molecule has 0 saturated carbocycles. The Morgan fingerprint density at radius 2 is 1.76 bits per heavy atom. The summed E-state index contributed by atoms with van der Waals surface area (Å²) >= 11 is 6.47. The van der Waals surface area contributed by atoms with Crippen LogP contribution in [-0.4, -0.2) is 89.9 Å². The second-order valence-electron chi connectivity index (χ2n) is 9.82. The molecule has 3 aliphatic rings. The lowest BCUT2D eigenvalue weighted by atomic mass is 9.94. The highest BCUT2D eigenvalue weighted by Gasteiger charge is 2.30. The van der Waals surface area contributed by atoms with Crippen LogP contribution in [-0.2, 0) is 11.3 Å². The van der Waals surface area contributed by atoms with Crippen LogP contribution in [0.15, 0.2) is 54.3 Å². The number of para-hydroxylation sites is 1. The minimum atomic E-state index is 0.170. The predicted molar refractivity (Wildman–Crippen MR) is 138 cm³/mol. The molecule has 0 radical (unpaired) electrons. The number of amides is 1. The van der Waals surface area contributed by atoms with Gasteiger partial charge in [-0.3, -0.25) is 14.6 Å². The number of fused-ring (bicyclic) bond motifs is 1. The van der Waals surface area contributed by atoms with E-state index in [1.807, 2.05) is 18.2 Å². The van der Waals surface area contributed by atoms with Gasteiger partial charge in [0, 0.05) is 69.7 Å². The summed E-state index contributed by atoms with van der Waals surface area (Å²) in [6, 6.07) is 10.2. The van der Waals surface area contributed by atoms with E-state index >= 15 is 0 Å². The maximum atomic E-state index is 13.2. The molecular formula is C27H34ClN5O. The number of pyridine rings is 1. The number of benzene rings is 1. The molecule has 1 amide bonds. The van der Waals surface area contributed by atoms with E-state index in [1.54, 1.807) is 0 Å². The summed E-state index contributed by atoms with van der Waals surface area (Å²) in [7, 11) is 2.09. The number of carbonyl (C=O) groups is 1. The number of piperidine rings is 1. The number of nitrogens with zero attached hydrogens (tertiary/aromatic N) is 5. The summed E-state index contributed by atoms with van der Waals surface area (Å²) in [5.74, 6) is 0.520. The Kier molecular flexibility index (Phi) is 7.18. The zero-order chi connectivity index (χ0) is 23.5. The number of likely N-dealkylation sites (tertiary alicyclic amines) is 1. The Bertz CT molecular complexity index is 1080. The van der Waals surface area contributed by atoms with Gasteiger partial charge in [-0.1, -0.05) is 35.9 Å². The number of aromatic nitrogens is 1. The second kappa shape index (κ2) is 10.5. The third-order valence-corrected chi connectivity index (χ3v) is 7.68. The van der Waals surface area contributed by atoms with E-state index in [4.69, 9.17) is 11.6 Å². The van der Waals surface area contributed by atoms with Gasteiger partial charge in [-0.15, -0.1) is 0 Å². The number of hydrogen-bond acceptors (Lipinski definition) is 5. The smallest absolute Gasteiger partial charge is 0.225 e. The third-order valence-electron chi connectivity index (χ3n) is 7.36. The highest BCUT2D eigenvalue weighted by Crippen LogP contribution is 2.24. The van der Waals surface area contributed by atoms with Crippen molar-refractivity contribution in [2.24, 2.45) is 5.92 Å². The third kappa shape index (κ3) is 5.45. The first kappa shape index (κ1) is 23.3. The van der Waals surface area contributed by atoms with Crippen LogP contribution in [0.4, 0.5) is 0 Å². The highest BCUT2D eigenvalue weighted by atomic mass is 35.5. The molecule has 1 aromatic carbocycles. The molecule has 7 heteroatoms.